The number of halogens is 1. The van der Waals surface area contributed by atoms with E-state index in [0.29, 0.717) is 11.6 Å². The Bertz CT molecular complexity index is 931. The zero-order valence-corrected chi connectivity index (χ0v) is 15.5. The number of aryl methyl sites for hydroxylation is 1. The van der Waals surface area contributed by atoms with Crippen molar-refractivity contribution in [1.82, 2.24) is 14.7 Å². The minimum absolute atomic E-state index is 0.0798. The molecule has 0 bridgehead atoms. The van der Waals surface area contributed by atoms with Crippen molar-refractivity contribution in [3.05, 3.63) is 45.9 Å². The molecule has 7 heteroatoms. The van der Waals surface area contributed by atoms with E-state index in [1.54, 1.807) is 0 Å². The van der Waals surface area contributed by atoms with Crippen molar-refractivity contribution in [1.29, 1.82) is 0 Å². The first-order valence-corrected chi connectivity index (χ1v) is 9.54. The molecule has 1 amide bonds. The van der Waals surface area contributed by atoms with Gasteiger partial charge in [-0.3, -0.25) is 4.79 Å². The minimum atomic E-state index is 0.0798. The second kappa shape index (κ2) is 6.44. The number of nitrogens with two attached hydrogens (primary N) is 1. The van der Waals surface area contributed by atoms with Crippen LogP contribution in [0.25, 0.3) is 15.9 Å². The first-order chi connectivity index (χ1) is 12.1. The maximum Gasteiger partial charge on any atom is 0.264 e. The topological polar surface area (TPSA) is 64.2 Å². The fourth-order valence-electron chi connectivity index (χ4n) is 3.40. The molecule has 0 radical (unpaired) electrons. The van der Waals surface area contributed by atoms with Gasteiger partial charge in [0.2, 0.25) is 0 Å². The summed E-state index contributed by atoms with van der Waals surface area (Å²) in [4.78, 5) is 16.6. The van der Waals surface area contributed by atoms with E-state index < -0.39 is 0 Å². The Balaban J connectivity index is 1.74. The van der Waals surface area contributed by atoms with Gasteiger partial charge >= 0.3 is 0 Å². The number of benzene rings is 1. The lowest BCUT2D eigenvalue weighted by Gasteiger charge is -2.22. The Morgan fingerprint density at radius 3 is 2.88 bits per heavy atom. The van der Waals surface area contributed by atoms with Crippen LogP contribution in [0, 0.1) is 6.92 Å². The molecule has 4 rings (SSSR count). The largest absolute Gasteiger partial charge is 0.334 e. The summed E-state index contributed by atoms with van der Waals surface area (Å²) in [6.07, 6.45) is 2.01. The first kappa shape index (κ1) is 16.6. The molecule has 1 atom stereocenters. The zero-order chi connectivity index (χ0) is 17.6. The molecule has 1 saturated heterocycles. The fraction of sp³-hybridized carbons (Fsp3) is 0.333. The van der Waals surface area contributed by atoms with Crippen molar-refractivity contribution in [3.63, 3.8) is 0 Å². The Morgan fingerprint density at radius 2 is 2.16 bits per heavy atom. The second-order valence-corrected chi connectivity index (χ2v) is 7.80. The first-order valence-electron chi connectivity index (χ1n) is 8.34. The molecule has 5 nitrogen and oxygen atoms in total. The molecule has 3 heterocycles. The lowest BCUT2D eigenvalue weighted by Crippen LogP contribution is -2.39. The average molecular weight is 375 g/mol. The molecule has 1 unspecified atom stereocenters. The van der Waals surface area contributed by atoms with E-state index in [0.717, 1.165) is 45.9 Å². The Labute approximate surface area is 155 Å². The Hall–Kier alpha value is -1.89. The number of rotatable bonds is 3. The second-order valence-electron chi connectivity index (χ2n) is 6.33. The van der Waals surface area contributed by atoms with Gasteiger partial charge in [0.15, 0.2) is 0 Å². The monoisotopic (exact) mass is 374 g/mol. The van der Waals surface area contributed by atoms with Gasteiger partial charge < -0.3 is 10.6 Å². The highest BCUT2D eigenvalue weighted by molar-refractivity contribution is 7.20. The highest BCUT2D eigenvalue weighted by Gasteiger charge is 2.30. The molecule has 25 heavy (non-hydrogen) atoms. The van der Waals surface area contributed by atoms with E-state index in [9.17, 15) is 4.79 Å². The predicted octanol–water partition coefficient (Wildman–Crippen LogP) is 3.61. The van der Waals surface area contributed by atoms with Crippen LogP contribution in [0.15, 0.2) is 30.3 Å². The van der Waals surface area contributed by atoms with Crippen LogP contribution in [0.5, 0.6) is 0 Å². The van der Waals surface area contributed by atoms with Crippen LogP contribution in [-0.4, -0.2) is 39.7 Å². The smallest absolute Gasteiger partial charge is 0.264 e. The van der Waals surface area contributed by atoms with Gasteiger partial charge in [0.1, 0.15) is 4.83 Å². The molecule has 1 aliphatic rings. The van der Waals surface area contributed by atoms with Gasteiger partial charge in [-0.1, -0.05) is 11.6 Å². The van der Waals surface area contributed by atoms with Crippen molar-refractivity contribution in [2.24, 2.45) is 5.73 Å². The lowest BCUT2D eigenvalue weighted by atomic mass is 10.2. The molecule has 1 aliphatic heterocycles. The van der Waals surface area contributed by atoms with Crippen LogP contribution in [0.4, 0.5) is 0 Å². The number of nitrogens with zero attached hydrogens (tertiary/aromatic N) is 3. The van der Waals surface area contributed by atoms with Crippen LogP contribution in [0.2, 0.25) is 5.02 Å². The van der Waals surface area contributed by atoms with Gasteiger partial charge in [0, 0.05) is 29.5 Å². The van der Waals surface area contributed by atoms with Gasteiger partial charge in [-0.25, -0.2) is 4.68 Å². The summed E-state index contributed by atoms with van der Waals surface area (Å²) < 4.78 is 1.88. The molecule has 2 aromatic heterocycles. The summed E-state index contributed by atoms with van der Waals surface area (Å²) in [5.74, 6) is 0.0798. The van der Waals surface area contributed by atoms with Crippen molar-refractivity contribution in [2.75, 3.05) is 13.1 Å². The standard InChI is InChI=1S/C18H19ClN4OS/c1-11-15-9-16(17(24)22-8-2-3-14(22)10-20)25-18(15)23(21-11)13-6-4-12(19)5-7-13/h4-7,9,14H,2-3,8,10,20H2,1H3. The minimum Gasteiger partial charge on any atom is -0.334 e. The summed E-state index contributed by atoms with van der Waals surface area (Å²) in [6, 6.07) is 9.67. The number of carbonyl (C=O) groups is 1. The van der Waals surface area contributed by atoms with E-state index in [2.05, 4.69) is 5.10 Å². The molecule has 0 spiro atoms. The third-order valence-electron chi connectivity index (χ3n) is 4.74. The van der Waals surface area contributed by atoms with Crippen LogP contribution in [0.1, 0.15) is 28.2 Å². The SMILES string of the molecule is Cc1nn(-c2ccc(Cl)cc2)c2sc(C(=O)N3CCCC3CN)cc12. The average Bonchev–Trinajstić information content (AvgIpc) is 3.31. The highest BCUT2D eigenvalue weighted by Crippen LogP contribution is 2.32. The number of carbonyl (C=O) groups excluding carboxylic acids is 1. The molecular weight excluding hydrogens is 356 g/mol. The number of amides is 1. The molecule has 0 aliphatic carbocycles. The molecule has 130 valence electrons. The predicted molar refractivity (Wildman–Crippen MR) is 102 cm³/mol. The third kappa shape index (κ3) is 2.84. The van der Waals surface area contributed by atoms with Crippen LogP contribution >= 0.6 is 22.9 Å². The summed E-state index contributed by atoms with van der Waals surface area (Å²) >= 11 is 7.47. The van der Waals surface area contributed by atoms with Crippen molar-refractivity contribution in [2.45, 2.75) is 25.8 Å². The van der Waals surface area contributed by atoms with Crippen molar-refractivity contribution >= 4 is 39.1 Å². The number of hydrogen-bond acceptors (Lipinski definition) is 4. The van der Waals surface area contributed by atoms with Gasteiger partial charge in [-0.15, -0.1) is 11.3 Å². The van der Waals surface area contributed by atoms with E-state index in [1.807, 2.05) is 46.8 Å². The van der Waals surface area contributed by atoms with Gasteiger partial charge in [-0.05, 0) is 50.1 Å². The van der Waals surface area contributed by atoms with Crippen molar-refractivity contribution < 1.29 is 4.79 Å². The summed E-state index contributed by atoms with van der Waals surface area (Å²) in [5, 5.41) is 6.33. The van der Waals surface area contributed by atoms with Crippen LogP contribution in [-0.2, 0) is 0 Å². The lowest BCUT2D eigenvalue weighted by molar-refractivity contribution is 0.0746. The van der Waals surface area contributed by atoms with Gasteiger partial charge in [0.05, 0.1) is 16.3 Å². The van der Waals surface area contributed by atoms with Gasteiger partial charge in [-0.2, -0.15) is 5.10 Å². The van der Waals surface area contributed by atoms with E-state index in [-0.39, 0.29) is 11.9 Å². The third-order valence-corrected chi connectivity index (χ3v) is 6.09. The number of aromatic nitrogens is 2. The highest BCUT2D eigenvalue weighted by atomic mass is 35.5. The Kier molecular flexibility index (Phi) is 4.27. The molecular formula is C18H19ClN4OS. The number of hydrogen-bond donors (Lipinski definition) is 1. The molecule has 1 fully saturated rings. The summed E-state index contributed by atoms with van der Waals surface area (Å²) in [6.45, 7) is 3.28. The van der Waals surface area contributed by atoms with Crippen LogP contribution < -0.4 is 5.73 Å². The normalized spacial score (nSPS) is 17.6. The fourth-order valence-corrected chi connectivity index (χ4v) is 4.66. The number of likely N-dealkylation sites (tertiary alicyclic amines) is 1. The van der Waals surface area contributed by atoms with Crippen molar-refractivity contribution in [3.8, 4) is 5.69 Å². The number of thiophene rings is 1. The quantitative estimate of drug-likeness (QED) is 0.761. The molecule has 1 aromatic carbocycles. The number of fused-ring (bicyclic) bond motifs is 1. The Morgan fingerprint density at radius 1 is 1.40 bits per heavy atom. The molecule has 0 saturated carbocycles. The maximum absolute atomic E-state index is 12.9. The maximum atomic E-state index is 12.9. The molecule has 3 aromatic rings. The van der Waals surface area contributed by atoms with E-state index in [1.165, 1.54) is 11.3 Å². The van der Waals surface area contributed by atoms with Crippen LogP contribution in [0.3, 0.4) is 0 Å². The van der Waals surface area contributed by atoms with E-state index >= 15 is 0 Å². The van der Waals surface area contributed by atoms with Gasteiger partial charge in [0.25, 0.3) is 5.91 Å². The summed E-state index contributed by atoms with van der Waals surface area (Å²) in [5.41, 5.74) is 7.66. The zero-order valence-electron chi connectivity index (χ0n) is 13.9. The summed E-state index contributed by atoms with van der Waals surface area (Å²) in [7, 11) is 0. The molecule has 2 N–H and O–H groups in total. The van der Waals surface area contributed by atoms with E-state index in [4.69, 9.17) is 17.3 Å².